The van der Waals surface area contributed by atoms with Crippen molar-refractivity contribution in [1.29, 1.82) is 0 Å². The van der Waals surface area contributed by atoms with Crippen LogP contribution < -0.4 is 10.1 Å². The Morgan fingerprint density at radius 1 is 1.36 bits per heavy atom. The highest BCUT2D eigenvalue weighted by atomic mass is 19.1. The molecule has 6 nitrogen and oxygen atoms in total. The number of para-hydroxylation sites is 2. The Morgan fingerprint density at radius 2 is 2.11 bits per heavy atom. The topological polar surface area (TPSA) is 63.2 Å². The van der Waals surface area contributed by atoms with Crippen molar-refractivity contribution in [2.45, 2.75) is 12.5 Å². The quantitative estimate of drug-likeness (QED) is 0.734. The number of amides is 2. The van der Waals surface area contributed by atoms with Gasteiger partial charge in [0.2, 0.25) is 0 Å². The van der Waals surface area contributed by atoms with Crippen LogP contribution in [0.25, 0.3) is 0 Å². The van der Waals surface area contributed by atoms with Gasteiger partial charge in [-0.2, -0.15) is 0 Å². The number of urea groups is 1. The minimum absolute atomic E-state index is 0.288. The van der Waals surface area contributed by atoms with E-state index in [1.807, 2.05) is 12.1 Å². The number of carbonyl (C=O) groups is 1. The molecule has 1 aliphatic rings. The van der Waals surface area contributed by atoms with Gasteiger partial charge in [0.1, 0.15) is 11.6 Å². The van der Waals surface area contributed by atoms with E-state index in [1.54, 1.807) is 42.4 Å². The Hall–Kier alpha value is -3.35. The number of benzene rings is 2. The molecule has 2 aromatic rings. The maximum Gasteiger partial charge on any atom is 0.322 e. The van der Waals surface area contributed by atoms with Gasteiger partial charge in [-0.1, -0.05) is 35.5 Å². The molecule has 0 spiro atoms. The van der Waals surface area contributed by atoms with Crippen molar-refractivity contribution < 1.29 is 18.8 Å². The van der Waals surface area contributed by atoms with E-state index in [9.17, 15) is 9.18 Å². The Morgan fingerprint density at radius 3 is 2.82 bits per heavy atom. The zero-order valence-corrected chi connectivity index (χ0v) is 15.6. The highest BCUT2D eigenvalue weighted by Gasteiger charge is 2.26. The van der Waals surface area contributed by atoms with Gasteiger partial charge in [0, 0.05) is 13.0 Å². The zero-order chi connectivity index (χ0) is 19.9. The SMILES string of the molecule is C=CCN(C[C@@H]1CC(c2ccc(F)cc2)=NO1)C(=O)Nc1ccccc1OC. The largest absolute Gasteiger partial charge is 0.495 e. The maximum absolute atomic E-state index is 13.1. The average Bonchev–Trinajstić information content (AvgIpc) is 3.17. The normalized spacial score (nSPS) is 15.4. The van der Waals surface area contributed by atoms with Gasteiger partial charge >= 0.3 is 6.03 Å². The second-order valence-electron chi connectivity index (χ2n) is 6.30. The van der Waals surface area contributed by atoms with Gasteiger partial charge in [-0.15, -0.1) is 6.58 Å². The van der Waals surface area contributed by atoms with Crippen molar-refractivity contribution in [2.24, 2.45) is 5.16 Å². The number of carbonyl (C=O) groups excluding carboxylic acids is 1. The number of ether oxygens (including phenoxy) is 1. The van der Waals surface area contributed by atoms with Crippen molar-refractivity contribution in [3.8, 4) is 5.75 Å². The van der Waals surface area contributed by atoms with E-state index in [0.29, 0.717) is 30.9 Å². The van der Waals surface area contributed by atoms with Gasteiger partial charge in [0.15, 0.2) is 6.10 Å². The number of methoxy groups -OCH3 is 1. The van der Waals surface area contributed by atoms with Crippen molar-refractivity contribution in [3.05, 3.63) is 72.6 Å². The molecule has 1 heterocycles. The number of rotatable bonds is 7. The fourth-order valence-corrected chi connectivity index (χ4v) is 2.92. The van der Waals surface area contributed by atoms with Crippen LogP contribution in [0.2, 0.25) is 0 Å². The van der Waals surface area contributed by atoms with Gasteiger partial charge in [-0.05, 0) is 29.8 Å². The first-order valence-electron chi connectivity index (χ1n) is 8.89. The maximum atomic E-state index is 13.1. The number of hydrogen-bond acceptors (Lipinski definition) is 4. The van der Waals surface area contributed by atoms with Gasteiger partial charge in [0.25, 0.3) is 0 Å². The second-order valence-corrected chi connectivity index (χ2v) is 6.30. The van der Waals surface area contributed by atoms with E-state index < -0.39 is 0 Å². The van der Waals surface area contributed by atoms with Crippen LogP contribution in [0, 0.1) is 5.82 Å². The third-order valence-corrected chi connectivity index (χ3v) is 4.32. The summed E-state index contributed by atoms with van der Waals surface area (Å²) in [5.74, 6) is 0.276. The Kier molecular flexibility index (Phi) is 6.26. The summed E-state index contributed by atoms with van der Waals surface area (Å²) in [5, 5.41) is 6.94. The first kappa shape index (κ1) is 19.4. The number of nitrogens with one attached hydrogen (secondary N) is 1. The number of nitrogens with zero attached hydrogens (tertiary/aromatic N) is 2. The molecule has 2 amide bonds. The van der Waals surface area contributed by atoms with Crippen molar-refractivity contribution >= 4 is 17.4 Å². The summed E-state index contributed by atoms with van der Waals surface area (Å²) in [6.07, 6.45) is 1.89. The van der Waals surface area contributed by atoms with E-state index in [2.05, 4.69) is 17.1 Å². The van der Waals surface area contributed by atoms with Crippen molar-refractivity contribution in [3.63, 3.8) is 0 Å². The Bertz CT molecular complexity index is 867. The molecule has 0 saturated heterocycles. The van der Waals surface area contributed by atoms with Crippen LogP contribution in [-0.2, 0) is 4.84 Å². The molecule has 0 saturated carbocycles. The average molecular weight is 383 g/mol. The number of hydrogen-bond donors (Lipinski definition) is 1. The summed E-state index contributed by atoms with van der Waals surface area (Å²) in [6.45, 7) is 4.41. The lowest BCUT2D eigenvalue weighted by molar-refractivity contribution is 0.0645. The second kappa shape index (κ2) is 9.03. The first-order valence-corrected chi connectivity index (χ1v) is 8.89. The minimum Gasteiger partial charge on any atom is -0.495 e. The highest BCUT2D eigenvalue weighted by molar-refractivity contribution is 6.01. The molecule has 1 atom stereocenters. The molecule has 0 radical (unpaired) electrons. The molecule has 7 heteroatoms. The van der Waals surface area contributed by atoms with Gasteiger partial charge < -0.3 is 19.8 Å². The third-order valence-electron chi connectivity index (χ3n) is 4.32. The summed E-state index contributed by atoms with van der Waals surface area (Å²) < 4.78 is 18.4. The molecule has 0 unspecified atom stereocenters. The predicted molar refractivity (Wildman–Crippen MR) is 106 cm³/mol. The molecule has 0 aliphatic carbocycles. The molecule has 1 aliphatic heterocycles. The molecule has 0 aromatic heterocycles. The molecule has 0 bridgehead atoms. The summed E-state index contributed by atoms with van der Waals surface area (Å²) in [6, 6.07) is 13.0. The van der Waals surface area contributed by atoms with E-state index >= 15 is 0 Å². The van der Waals surface area contributed by atoms with Crippen LogP contribution in [0.4, 0.5) is 14.9 Å². The smallest absolute Gasteiger partial charge is 0.322 e. The number of oxime groups is 1. The fraction of sp³-hybridized carbons (Fsp3) is 0.238. The molecule has 3 rings (SSSR count). The molecule has 146 valence electrons. The molecular weight excluding hydrogens is 361 g/mol. The number of halogens is 1. The lowest BCUT2D eigenvalue weighted by Gasteiger charge is -2.24. The van der Waals surface area contributed by atoms with Gasteiger partial charge in [-0.3, -0.25) is 0 Å². The summed E-state index contributed by atoms with van der Waals surface area (Å²) in [5.41, 5.74) is 2.12. The molecule has 0 fully saturated rings. The Balaban J connectivity index is 1.62. The zero-order valence-electron chi connectivity index (χ0n) is 15.6. The van der Waals surface area contributed by atoms with E-state index in [4.69, 9.17) is 9.57 Å². The van der Waals surface area contributed by atoms with Crippen LogP contribution in [-0.4, -0.2) is 42.9 Å². The Labute approximate surface area is 163 Å². The van der Waals surface area contributed by atoms with Crippen LogP contribution in [0.3, 0.4) is 0 Å². The molecule has 28 heavy (non-hydrogen) atoms. The first-order chi connectivity index (χ1) is 13.6. The van der Waals surface area contributed by atoms with Crippen LogP contribution in [0.15, 0.2) is 66.3 Å². The van der Waals surface area contributed by atoms with E-state index in [-0.39, 0.29) is 18.0 Å². The minimum atomic E-state index is -0.301. The van der Waals surface area contributed by atoms with Crippen molar-refractivity contribution in [1.82, 2.24) is 4.90 Å². The lowest BCUT2D eigenvalue weighted by atomic mass is 10.0. The fourth-order valence-electron chi connectivity index (χ4n) is 2.92. The van der Waals surface area contributed by atoms with Crippen LogP contribution in [0.5, 0.6) is 5.75 Å². The molecular formula is C21H22FN3O3. The molecule has 1 N–H and O–H groups in total. The predicted octanol–water partition coefficient (Wildman–Crippen LogP) is 4.05. The van der Waals surface area contributed by atoms with Gasteiger partial charge in [-0.25, -0.2) is 9.18 Å². The highest BCUT2D eigenvalue weighted by Crippen LogP contribution is 2.24. The van der Waals surface area contributed by atoms with Crippen molar-refractivity contribution in [2.75, 3.05) is 25.5 Å². The van der Waals surface area contributed by atoms with Gasteiger partial charge in [0.05, 0.1) is 25.1 Å². The number of anilines is 1. The van der Waals surface area contributed by atoms with E-state index in [0.717, 1.165) is 11.3 Å². The van der Waals surface area contributed by atoms with E-state index in [1.165, 1.54) is 12.1 Å². The summed E-state index contributed by atoms with van der Waals surface area (Å²) >= 11 is 0. The monoisotopic (exact) mass is 383 g/mol. The van der Waals surface area contributed by atoms with Crippen LogP contribution in [0.1, 0.15) is 12.0 Å². The summed E-state index contributed by atoms with van der Waals surface area (Å²) in [4.78, 5) is 19.8. The lowest BCUT2D eigenvalue weighted by Crippen LogP contribution is -2.40. The third kappa shape index (κ3) is 4.68. The molecule has 2 aromatic carbocycles. The summed E-state index contributed by atoms with van der Waals surface area (Å²) in [7, 11) is 1.55. The van der Waals surface area contributed by atoms with Crippen LogP contribution >= 0.6 is 0 Å². The standard InChI is InChI=1S/C21H22FN3O3/c1-3-12-25(21(26)23-18-6-4-5-7-20(18)27-2)14-17-13-19(24-28-17)15-8-10-16(22)11-9-15/h3-11,17H,1,12-14H2,2H3,(H,23,26)/t17-/m0/s1.